The van der Waals surface area contributed by atoms with Crippen LogP contribution in [0.2, 0.25) is 0 Å². The maximum Gasteiger partial charge on any atom is 0.119 e. The van der Waals surface area contributed by atoms with Gasteiger partial charge in [-0.3, -0.25) is 0 Å². The van der Waals surface area contributed by atoms with Crippen molar-refractivity contribution in [3.8, 4) is 5.75 Å². The predicted octanol–water partition coefficient (Wildman–Crippen LogP) is 3.36. The zero-order valence-electron chi connectivity index (χ0n) is 14.3. The summed E-state index contributed by atoms with van der Waals surface area (Å²) in [7, 11) is 0. The molecule has 0 aromatic heterocycles. The lowest BCUT2D eigenvalue weighted by Gasteiger charge is -2.35. The molecule has 1 saturated heterocycles. The summed E-state index contributed by atoms with van der Waals surface area (Å²) in [4.78, 5) is 2.37. The zero-order valence-corrected chi connectivity index (χ0v) is 14.3. The van der Waals surface area contributed by atoms with Crippen LogP contribution in [0, 0.1) is 11.8 Å². The van der Waals surface area contributed by atoms with Crippen molar-refractivity contribution in [2.24, 2.45) is 11.8 Å². The van der Waals surface area contributed by atoms with Gasteiger partial charge in [0.2, 0.25) is 0 Å². The highest BCUT2D eigenvalue weighted by atomic mass is 16.5. The fraction of sp³-hybridized carbons (Fsp3) is 0.684. The Labute approximate surface area is 135 Å². The van der Waals surface area contributed by atoms with Gasteiger partial charge >= 0.3 is 0 Å². The van der Waals surface area contributed by atoms with Gasteiger partial charge in [-0.2, -0.15) is 0 Å². The van der Waals surface area contributed by atoms with Crippen LogP contribution >= 0.6 is 0 Å². The van der Waals surface area contributed by atoms with Gasteiger partial charge in [0, 0.05) is 19.6 Å². The summed E-state index contributed by atoms with van der Waals surface area (Å²) < 4.78 is 5.72. The van der Waals surface area contributed by atoms with Crippen LogP contribution in [0.25, 0.3) is 0 Å². The summed E-state index contributed by atoms with van der Waals surface area (Å²) >= 11 is 0. The van der Waals surface area contributed by atoms with Crippen LogP contribution in [-0.2, 0) is 6.42 Å². The number of aryl methyl sites for hydroxylation is 1. The van der Waals surface area contributed by atoms with E-state index in [1.54, 1.807) is 0 Å². The van der Waals surface area contributed by atoms with Crippen molar-refractivity contribution in [3.63, 3.8) is 0 Å². The molecule has 3 atom stereocenters. The summed E-state index contributed by atoms with van der Waals surface area (Å²) in [5.41, 5.74) is 1.34. The lowest BCUT2D eigenvalue weighted by atomic mass is 9.92. The molecule has 0 unspecified atom stereocenters. The number of rotatable bonds is 7. The largest absolute Gasteiger partial charge is 0.491 e. The molecule has 0 amide bonds. The lowest BCUT2D eigenvalue weighted by molar-refractivity contribution is 0.0429. The topological polar surface area (TPSA) is 32.7 Å². The highest BCUT2D eigenvalue weighted by molar-refractivity contribution is 5.27. The maximum atomic E-state index is 10.2. The Morgan fingerprint density at radius 1 is 1.18 bits per heavy atom. The standard InChI is InChI=1S/C19H31NO2/c1-4-5-17-6-8-19(9-7-17)22-14-18(21)13-20-11-15(2)10-16(3)12-20/h6-9,15-16,18,21H,4-5,10-14H2,1-3H3/t15-,16-,18-/m0/s1. The van der Waals surface area contributed by atoms with E-state index in [1.165, 1.54) is 12.0 Å². The van der Waals surface area contributed by atoms with Crippen molar-refractivity contribution in [1.29, 1.82) is 0 Å². The number of hydrogen-bond acceptors (Lipinski definition) is 3. The van der Waals surface area contributed by atoms with E-state index in [4.69, 9.17) is 4.74 Å². The minimum absolute atomic E-state index is 0.367. The lowest BCUT2D eigenvalue weighted by Crippen LogP contribution is -2.43. The molecule has 1 aromatic rings. The Hall–Kier alpha value is -1.06. The van der Waals surface area contributed by atoms with E-state index in [0.717, 1.165) is 43.5 Å². The molecule has 22 heavy (non-hydrogen) atoms. The first-order valence-corrected chi connectivity index (χ1v) is 8.69. The van der Waals surface area contributed by atoms with E-state index in [2.05, 4.69) is 37.8 Å². The minimum Gasteiger partial charge on any atom is -0.491 e. The Balaban J connectivity index is 1.73. The molecule has 3 heteroatoms. The van der Waals surface area contributed by atoms with Gasteiger partial charge in [-0.15, -0.1) is 0 Å². The zero-order chi connectivity index (χ0) is 15.9. The number of likely N-dealkylation sites (tertiary alicyclic amines) is 1. The monoisotopic (exact) mass is 305 g/mol. The molecule has 0 radical (unpaired) electrons. The molecule has 1 fully saturated rings. The smallest absolute Gasteiger partial charge is 0.119 e. The van der Waals surface area contributed by atoms with Crippen LogP contribution in [-0.4, -0.2) is 42.4 Å². The number of benzene rings is 1. The van der Waals surface area contributed by atoms with E-state index in [-0.39, 0.29) is 0 Å². The van der Waals surface area contributed by atoms with Crippen molar-refractivity contribution in [1.82, 2.24) is 4.90 Å². The SMILES string of the molecule is CCCc1ccc(OC[C@@H](O)CN2C[C@@H](C)C[C@H](C)C2)cc1. The van der Waals surface area contributed by atoms with Crippen molar-refractivity contribution in [3.05, 3.63) is 29.8 Å². The Kier molecular flexibility index (Phi) is 6.71. The van der Waals surface area contributed by atoms with Gasteiger partial charge in [0.15, 0.2) is 0 Å². The molecular weight excluding hydrogens is 274 g/mol. The molecular formula is C19H31NO2. The van der Waals surface area contributed by atoms with Crippen LogP contribution in [0.3, 0.4) is 0 Å². The third-order valence-corrected chi connectivity index (χ3v) is 4.32. The number of nitrogens with zero attached hydrogens (tertiary/aromatic N) is 1. The number of piperidine rings is 1. The van der Waals surface area contributed by atoms with Gasteiger partial charge in [-0.1, -0.05) is 39.3 Å². The third kappa shape index (κ3) is 5.62. The molecule has 1 N–H and O–H groups in total. The van der Waals surface area contributed by atoms with E-state index in [0.29, 0.717) is 13.2 Å². The summed E-state index contributed by atoms with van der Waals surface area (Å²) in [5, 5.41) is 10.2. The second-order valence-electron chi connectivity index (χ2n) is 7.02. The van der Waals surface area contributed by atoms with Crippen molar-refractivity contribution in [2.75, 3.05) is 26.2 Å². The quantitative estimate of drug-likeness (QED) is 0.838. The molecule has 0 bridgehead atoms. The number of aliphatic hydroxyl groups excluding tert-OH is 1. The molecule has 124 valence electrons. The Morgan fingerprint density at radius 3 is 2.41 bits per heavy atom. The number of aliphatic hydroxyl groups is 1. The van der Waals surface area contributed by atoms with E-state index in [1.807, 2.05) is 12.1 Å². The molecule has 1 heterocycles. The highest BCUT2D eigenvalue weighted by Gasteiger charge is 2.23. The number of β-amino-alcohol motifs (C(OH)–C–C–N with tert-alkyl or cyclic N) is 1. The fourth-order valence-corrected chi connectivity index (χ4v) is 3.53. The second-order valence-corrected chi connectivity index (χ2v) is 7.02. The maximum absolute atomic E-state index is 10.2. The van der Waals surface area contributed by atoms with Gasteiger partial charge in [-0.05, 0) is 42.4 Å². The predicted molar refractivity (Wildman–Crippen MR) is 91.3 cm³/mol. The van der Waals surface area contributed by atoms with E-state index >= 15 is 0 Å². The van der Waals surface area contributed by atoms with Crippen molar-refractivity contribution >= 4 is 0 Å². The summed E-state index contributed by atoms with van der Waals surface area (Å²) in [6.45, 7) is 10.0. The molecule has 0 aliphatic carbocycles. The van der Waals surface area contributed by atoms with Crippen molar-refractivity contribution < 1.29 is 9.84 Å². The van der Waals surface area contributed by atoms with Gasteiger partial charge < -0.3 is 14.7 Å². The van der Waals surface area contributed by atoms with Gasteiger partial charge in [0.25, 0.3) is 0 Å². The normalized spacial score (nSPS) is 24.2. The number of ether oxygens (including phenoxy) is 1. The third-order valence-electron chi connectivity index (χ3n) is 4.32. The van der Waals surface area contributed by atoms with Crippen molar-refractivity contribution in [2.45, 2.75) is 46.1 Å². The van der Waals surface area contributed by atoms with E-state index < -0.39 is 6.10 Å². The number of hydrogen-bond donors (Lipinski definition) is 1. The fourth-order valence-electron chi connectivity index (χ4n) is 3.53. The molecule has 0 spiro atoms. The molecule has 3 nitrogen and oxygen atoms in total. The van der Waals surface area contributed by atoms with Crippen LogP contribution < -0.4 is 4.74 Å². The summed E-state index contributed by atoms with van der Waals surface area (Å²) in [6, 6.07) is 8.23. The summed E-state index contributed by atoms with van der Waals surface area (Å²) in [6.07, 6.45) is 3.14. The first-order chi connectivity index (χ1) is 10.6. The van der Waals surface area contributed by atoms with Gasteiger partial charge in [0.1, 0.15) is 18.5 Å². The molecule has 1 aromatic carbocycles. The van der Waals surface area contributed by atoms with Crippen LogP contribution in [0.4, 0.5) is 0 Å². The molecule has 1 aliphatic rings. The average molecular weight is 305 g/mol. The first-order valence-electron chi connectivity index (χ1n) is 8.69. The Morgan fingerprint density at radius 2 is 1.82 bits per heavy atom. The van der Waals surface area contributed by atoms with Crippen LogP contribution in [0.15, 0.2) is 24.3 Å². The highest BCUT2D eigenvalue weighted by Crippen LogP contribution is 2.21. The Bertz CT molecular complexity index is 422. The van der Waals surface area contributed by atoms with Crippen LogP contribution in [0.5, 0.6) is 5.75 Å². The van der Waals surface area contributed by atoms with Gasteiger partial charge in [-0.25, -0.2) is 0 Å². The average Bonchev–Trinajstić information content (AvgIpc) is 2.46. The molecule has 2 rings (SSSR count). The molecule has 0 saturated carbocycles. The second kappa shape index (κ2) is 8.54. The molecule has 1 aliphatic heterocycles. The summed E-state index contributed by atoms with van der Waals surface area (Å²) in [5.74, 6) is 2.30. The van der Waals surface area contributed by atoms with Crippen LogP contribution in [0.1, 0.15) is 39.2 Å². The minimum atomic E-state index is -0.423. The first kappa shape index (κ1) is 17.3. The van der Waals surface area contributed by atoms with Gasteiger partial charge in [0.05, 0.1) is 0 Å². The van der Waals surface area contributed by atoms with E-state index in [9.17, 15) is 5.11 Å².